The summed E-state index contributed by atoms with van der Waals surface area (Å²) in [6.07, 6.45) is 5.94. The average Bonchev–Trinajstić information content (AvgIpc) is 3.54. The van der Waals surface area contributed by atoms with Crippen LogP contribution in [0.3, 0.4) is 0 Å². The van der Waals surface area contributed by atoms with Crippen molar-refractivity contribution in [2.75, 3.05) is 0 Å². The first-order chi connectivity index (χ1) is 18.9. The van der Waals surface area contributed by atoms with E-state index >= 15 is 0 Å². The van der Waals surface area contributed by atoms with Crippen molar-refractivity contribution >= 4 is 0 Å². The Balaban J connectivity index is 1.49. The third-order valence-corrected chi connectivity index (χ3v) is 9.82. The molecule has 0 radical (unpaired) electrons. The summed E-state index contributed by atoms with van der Waals surface area (Å²) in [6, 6.07) is 29.7. The number of hydrogen-bond donors (Lipinski definition) is 2. The monoisotopic (exact) mass is 516 g/mol. The fourth-order valence-corrected chi connectivity index (χ4v) is 8.31. The molecule has 2 saturated carbocycles. The van der Waals surface area contributed by atoms with Crippen LogP contribution < -0.4 is 0 Å². The summed E-state index contributed by atoms with van der Waals surface area (Å²) >= 11 is 0. The second-order valence-corrected chi connectivity index (χ2v) is 12.1. The van der Waals surface area contributed by atoms with E-state index in [4.69, 9.17) is 0 Å². The molecular formula is C37H40O2. The van der Waals surface area contributed by atoms with Crippen LogP contribution in [0.5, 0.6) is 11.5 Å². The van der Waals surface area contributed by atoms with Gasteiger partial charge in [0.25, 0.3) is 0 Å². The van der Waals surface area contributed by atoms with Crippen LogP contribution in [0.2, 0.25) is 0 Å². The smallest absolute Gasteiger partial charge is 0.122 e. The third-order valence-electron chi connectivity index (χ3n) is 9.82. The molecule has 2 aliphatic carbocycles. The van der Waals surface area contributed by atoms with Crippen molar-refractivity contribution in [3.63, 3.8) is 0 Å². The van der Waals surface area contributed by atoms with Crippen molar-refractivity contribution in [2.24, 2.45) is 11.8 Å². The van der Waals surface area contributed by atoms with Crippen LogP contribution in [0.1, 0.15) is 83.0 Å². The van der Waals surface area contributed by atoms with Crippen LogP contribution in [0.25, 0.3) is 0 Å². The Morgan fingerprint density at radius 3 is 1.87 bits per heavy atom. The summed E-state index contributed by atoms with van der Waals surface area (Å²) < 4.78 is 0. The molecule has 0 aliphatic heterocycles. The van der Waals surface area contributed by atoms with E-state index in [1.54, 1.807) is 0 Å². The molecular weight excluding hydrogens is 476 g/mol. The molecule has 2 aliphatic rings. The van der Waals surface area contributed by atoms with Crippen LogP contribution in [-0.4, -0.2) is 10.2 Å². The van der Waals surface area contributed by atoms with Crippen LogP contribution in [0.4, 0.5) is 0 Å². The zero-order valence-electron chi connectivity index (χ0n) is 23.5. The first kappa shape index (κ1) is 25.7. The maximum atomic E-state index is 11.9. The van der Waals surface area contributed by atoms with Gasteiger partial charge in [-0.25, -0.2) is 0 Å². The standard InChI is InChI=1S/C37H40O2/c1-4-37(33-20-25(3)18-30(36(33)39)22-27-13-9-6-10-14-27)31-16-15-28(23-31)34(37)32-19-24(2)17-29(35(32)38)21-26-11-7-5-8-12-26/h5-14,17-20,28,31,34,38-39H,4,15-16,21-23H2,1-3H3. The third kappa shape index (κ3) is 4.44. The lowest BCUT2D eigenvalue weighted by molar-refractivity contribution is 0.209. The highest BCUT2D eigenvalue weighted by atomic mass is 16.3. The van der Waals surface area contributed by atoms with E-state index < -0.39 is 0 Å². The van der Waals surface area contributed by atoms with Gasteiger partial charge in [0.1, 0.15) is 11.5 Å². The van der Waals surface area contributed by atoms with Gasteiger partial charge in [-0.05, 0) is 79.2 Å². The molecule has 0 saturated heterocycles. The lowest BCUT2D eigenvalue weighted by atomic mass is 9.58. The number of phenolic OH excluding ortho intramolecular Hbond substituents is 2. The van der Waals surface area contributed by atoms with Gasteiger partial charge in [-0.15, -0.1) is 0 Å². The number of fused-ring (bicyclic) bond motifs is 2. The van der Waals surface area contributed by atoms with Crippen LogP contribution in [-0.2, 0) is 18.3 Å². The van der Waals surface area contributed by atoms with Gasteiger partial charge in [0.2, 0.25) is 0 Å². The van der Waals surface area contributed by atoms with Crippen molar-refractivity contribution in [1.29, 1.82) is 0 Å². The van der Waals surface area contributed by atoms with Gasteiger partial charge in [0.05, 0.1) is 0 Å². The summed E-state index contributed by atoms with van der Waals surface area (Å²) in [7, 11) is 0. The quantitative estimate of drug-likeness (QED) is 0.258. The molecule has 0 heterocycles. The summed E-state index contributed by atoms with van der Waals surface area (Å²) in [5.41, 5.74) is 8.80. The van der Waals surface area contributed by atoms with E-state index in [-0.39, 0.29) is 11.3 Å². The van der Waals surface area contributed by atoms with Gasteiger partial charge >= 0.3 is 0 Å². The Kier molecular flexibility index (Phi) is 6.75. The molecule has 6 rings (SSSR count). The Labute approximate surface area is 233 Å². The molecule has 0 amide bonds. The zero-order chi connectivity index (χ0) is 27.1. The minimum atomic E-state index is -0.195. The fraction of sp³-hybridized carbons (Fsp3) is 0.351. The second-order valence-electron chi connectivity index (χ2n) is 12.1. The average molecular weight is 517 g/mol. The van der Waals surface area contributed by atoms with Gasteiger partial charge in [-0.1, -0.05) is 103 Å². The second kappa shape index (κ2) is 10.2. The fourth-order valence-electron chi connectivity index (χ4n) is 8.31. The minimum absolute atomic E-state index is 0.188. The first-order valence-electron chi connectivity index (χ1n) is 14.6. The highest BCUT2D eigenvalue weighted by Gasteiger charge is 2.59. The van der Waals surface area contributed by atoms with Crippen molar-refractivity contribution in [3.8, 4) is 11.5 Å². The van der Waals surface area contributed by atoms with Gasteiger partial charge in [-0.3, -0.25) is 0 Å². The lowest BCUT2D eigenvalue weighted by Gasteiger charge is -2.45. The minimum Gasteiger partial charge on any atom is -0.507 e. The summed E-state index contributed by atoms with van der Waals surface area (Å²) in [5, 5.41) is 23.8. The molecule has 0 spiro atoms. The molecule has 2 nitrogen and oxygen atoms in total. The number of hydrogen-bond acceptors (Lipinski definition) is 2. The van der Waals surface area contributed by atoms with Crippen LogP contribution in [0.15, 0.2) is 84.9 Å². The highest BCUT2D eigenvalue weighted by Crippen LogP contribution is 2.68. The van der Waals surface area contributed by atoms with E-state index in [2.05, 4.69) is 93.6 Å². The Morgan fingerprint density at radius 2 is 1.28 bits per heavy atom. The molecule has 2 bridgehead atoms. The van der Waals surface area contributed by atoms with Crippen LogP contribution >= 0.6 is 0 Å². The van der Waals surface area contributed by atoms with Gasteiger partial charge < -0.3 is 10.2 Å². The van der Waals surface area contributed by atoms with E-state index in [1.807, 2.05) is 12.1 Å². The number of phenols is 2. The molecule has 2 N–H and O–H groups in total. The first-order valence-corrected chi connectivity index (χ1v) is 14.6. The van der Waals surface area contributed by atoms with Crippen molar-refractivity contribution in [1.82, 2.24) is 0 Å². The molecule has 200 valence electrons. The summed E-state index contributed by atoms with van der Waals surface area (Å²) in [6.45, 7) is 6.61. The molecule has 4 aromatic carbocycles. The molecule has 2 fully saturated rings. The molecule has 4 aromatic rings. The molecule has 2 heteroatoms. The zero-order valence-corrected chi connectivity index (χ0v) is 23.5. The maximum Gasteiger partial charge on any atom is 0.122 e. The van der Waals surface area contributed by atoms with Gasteiger partial charge in [0.15, 0.2) is 0 Å². The number of rotatable bonds is 7. The number of benzene rings is 4. The number of aryl methyl sites for hydroxylation is 2. The number of aromatic hydroxyl groups is 2. The van der Waals surface area contributed by atoms with E-state index in [0.29, 0.717) is 23.3 Å². The molecule has 39 heavy (non-hydrogen) atoms. The predicted molar refractivity (Wildman–Crippen MR) is 160 cm³/mol. The van der Waals surface area contributed by atoms with E-state index in [1.165, 1.54) is 41.5 Å². The molecule has 0 aromatic heterocycles. The van der Waals surface area contributed by atoms with E-state index in [0.717, 1.165) is 41.5 Å². The summed E-state index contributed by atoms with van der Waals surface area (Å²) in [5.74, 6) is 2.13. The van der Waals surface area contributed by atoms with Crippen molar-refractivity contribution in [2.45, 2.75) is 70.6 Å². The van der Waals surface area contributed by atoms with Crippen LogP contribution in [0, 0.1) is 25.7 Å². The van der Waals surface area contributed by atoms with Gasteiger partial charge in [0, 0.05) is 29.7 Å². The predicted octanol–water partition coefficient (Wildman–Crippen LogP) is 8.76. The SMILES string of the molecule is CCC1(c2cc(C)cc(Cc3ccccc3)c2O)C2CCC(C2)C1c1cc(C)cc(Cc2ccccc2)c1O. The Bertz CT molecular complexity index is 1470. The van der Waals surface area contributed by atoms with E-state index in [9.17, 15) is 10.2 Å². The Morgan fingerprint density at radius 1 is 0.718 bits per heavy atom. The molecule has 4 atom stereocenters. The van der Waals surface area contributed by atoms with Crippen molar-refractivity contribution in [3.05, 3.63) is 129 Å². The normalized spacial score (nSPS) is 23.8. The summed E-state index contributed by atoms with van der Waals surface area (Å²) in [4.78, 5) is 0. The largest absolute Gasteiger partial charge is 0.507 e. The molecule has 4 unspecified atom stereocenters. The lowest BCUT2D eigenvalue weighted by Crippen LogP contribution is -2.39. The van der Waals surface area contributed by atoms with Crippen molar-refractivity contribution < 1.29 is 10.2 Å². The Hall–Kier alpha value is -3.52. The highest BCUT2D eigenvalue weighted by molar-refractivity contribution is 5.56. The topological polar surface area (TPSA) is 40.5 Å². The van der Waals surface area contributed by atoms with Gasteiger partial charge in [-0.2, -0.15) is 0 Å². The maximum absolute atomic E-state index is 11.9.